The van der Waals surface area contributed by atoms with E-state index in [2.05, 4.69) is 25.6 Å². The highest BCUT2D eigenvalue weighted by Crippen LogP contribution is 2.28. The Morgan fingerprint density at radius 2 is 1.84 bits per heavy atom. The first-order chi connectivity index (χ1) is 18.3. The van der Waals surface area contributed by atoms with Gasteiger partial charge in [0.25, 0.3) is 11.8 Å². The lowest BCUT2D eigenvalue weighted by molar-refractivity contribution is -0.135. The molecule has 1 aliphatic rings. The van der Waals surface area contributed by atoms with Gasteiger partial charge in [0.05, 0.1) is 43.2 Å². The van der Waals surface area contributed by atoms with Gasteiger partial charge >= 0.3 is 11.9 Å². The van der Waals surface area contributed by atoms with Gasteiger partial charge in [0.15, 0.2) is 23.3 Å². The molecule has 2 aromatic rings. The zero-order valence-corrected chi connectivity index (χ0v) is 21.5. The van der Waals surface area contributed by atoms with E-state index in [-0.39, 0.29) is 22.2 Å². The normalized spacial score (nSPS) is 14.9. The number of amidine groups is 1. The standard InChI is InChI=1S/C25H24N4O8S/c1-4-36-19-11-15(13-26-29-25-28-23(32)20(38-25)12-22(31)34-2)9-10-18(19)37-14-21(30)27-17-8-6-5-7-16(17)24(33)35-3/h5-13H,4,14H2,1-3H3,(H,27,30)(H,28,29,32)/b20-12+,26-13?. The zero-order chi connectivity index (χ0) is 27.5. The van der Waals surface area contributed by atoms with Gasteiger partial charge in [0.2, 0.25) is 0 Å². The smallest absolute Gasteiger partial charge is 0.339 e. The van der Waals surface area contributed by atoms with Crippen molar-refractivity contribution in [1.29, 1.82) is 0 Å². The van der Waals surface area contributed by atoms with E-state index in [0.29, 0.717) is 29.4 Å². The van der Waals surface area contributed by atoms with Gasteiger partial charge in [-0.2, -0.15) is 5.10 Å². The molecule has 2 N–H and O–H groups in total. The van der Waals surface area contributed by atoms with E-state index in [1.54, 1.807) is 43.3 Å². The average molecular weight is 541 g/mol. The Hall–Kier alpha value is -4.65. The Bertz CT molecular complexity index is 1320. The highest BCUT2D eigenvalue weighted by molar-refractivity contribution is 8.18. The molecule has 2 amide bonds. The van der Waals surface area contributed by atoms with E-state index in [1.807, 2.05) is 0 Å². The molecule has 1 saturated heterocycles. The number of para-hydroxylation sites is 1. The number of anilines is 1. The summed E-state index contributed by atoms with van der Waals surface area (Å²) < 4.78 is 20.5. The summed E-state index contributed by atoms with van der Waals surface area (Å²) in [5, 5.41) is 13.2. The van der Waals surface area contributed by atoms with E-state index in [0.717, 1.165) is 17.8 Å². The Labute approximate surface area is 222 Å². The zero-order valence-electron chi connectivity index (χ0n) is 20.7. The van der Waals surface area contributed by atoms with E-state index < -0.39 is 23.8 Å². The molecule has 0 radical (unpaired) electrons. The molecule has 0 spiro atoms. The number of ether oxygens (including phenoxy) is 4. The lowest BCUT2D eigenvalue weighted by Crippen LogP contribution is -2.22. The summed E-state index contributed by atoms with van der Waals surface area (Å²) >= 11 is 0.952. The van der Waals surface area contributed by atoms with Crippen LogP contribution in [0.5, 0.6) is 11.5 Å². The van der Waals surface area contributed by atoms with Gasteiger partial charge in [0, 0.05) is 6.08 Å². The molecule has 0 atom stereocenters. The minimum absolute atomic E-state index is 0.142. The van der Waals surface area contributed by atoms with Crippen molar-refractivity contribution < 1.29 is 38.1 Å². The van der Waals surface area contributed by atoms with Crippen LogP contribution in [0.1, 0.15) is 22.8 Å². The van der Waals surface area contributed by atoms with E-state index in [1.165, 1.54) is 26.5 Å². The van der Waals surface area contributed by atoms with Crippen LogP contribution in [0.3, 0.4) is 0 Å². The van der Waals surface area contributed by atoms with Gasteiger partial charge in [-0.05, 0) is 54.6 Å². The summed E-state index contributed by atoms with van der Waals surface area (Å²) in [6.45, 7) is 1.80. The molecule has 1 fully saturated rings. The van der Waals surface area contributed by atoms with Crippen LogP contribution in [0.4, 0.5) is 5.69 Å². The maximum atomic E-state index is 12.4. The van der Waals surface area contributed by atoms with Crippen molar-refractivity contribution in [2.45, 2.75) is 6.92 Å². The van der Waals surface area contributed by atoms with Crippen molar-refractivity contribution in [1.82, 2.24) is 5.32 Å². The number of rotatable bonds is 10. The number of nitrogens with one attached hydrogen (secondary N) is 2. The van der Waals surface area contributed by atoms with Crippen molar-refractivity contribution in [2.24, 2.45) is 10.2 Å². The molecular formula is C25H24N4O8S. The first-order valence-corrected chi connectivity index (χ1v) is 11.9. The van der Waals surface area contributed by atoms with Crippen LogP contribution in [0.25, 0.3) is 0 Å². The molecule has 12 nitrogen and oxygen atoms in total. The van der Waals surface area contributed by atoms with E-state index in [9.17, 15) is 19.2 Å². The van der Waals surface area contributed by atoms with Crippen molar-refractivity contribution in [3.63, 3.8) is 0 Å². The second-order valence-corrected chi connectivity index (χ2v) is 8.28. The third-order valence-electron chi connectivity index (χ3n) is 4.69. The van der Waals surface area contributed by atoms with Crippen LogP contribution in [-0.2, 0) is 23.9 Å². The van der Waals surface area contributed by atoms with Gasteiger partial charge in [0.1, 0.15) is 0 Å². The largest absolute Gasteiger partial charge is 0.490 e. The van der Waals surface area contributed by atoms with Crippen molar-refractivity contribution in [2.75, 3.05) is 32.8 Å². The maximum absolute atomic E-state index is 12.4. The Balaban J connectivity index is 1.64. The van der Waals surface area contributed by atoms with Crippen LogP contribution in [0.2, 0.25) is 0 Å². The number of thioether (sulfide) groups is 1. The molecule has 1 aliphatic heterocycles. The molecule has 0 bridgehead atoms. The van der Waals surface area contributed by atoms with Crippen LogP contribution in [0, 0.1) is 0 Å². The van der Waals surface area contributed by atoms with Crippen molar-refractivity contribution in [3.05, 3.63) is 64.6 Å². The molecule has 0 aromatic heterocycles. The third kappa shape index (κ3) is 7.67. The number of carbonyl (C=O) groups is 4. The van der Waals surface area contributed by atoms with Crippen LogP contribution in [-0.4, -0.2) is 62.6 Å². The highest BCUT2D eigenvalue weighted by atomic mass is 32.2. The molecule has 3 rings (SSSR count). The fourth-order valence-corrected chi connectivity index (χ4v) is 3.73. The van der Waals surface area contributed by atoms with Gasteiger partial charge in [-0.15, -0.1) is 5.10 Å². The highest BCUT2D eigenvalue weighted by Gasteiger charge is 2.25. The van der Waals surface area contributed by atoms with Crippen LogP contribution in [0.15, 0.2) is 63.6 Å². The Morgan fingerprint density at radius 1 is 1.05 bits per heavy atom. The molecule has 2 aromatic carbocycles. The number of amides is 2. The fraction of sp³-hybridized carbons (Fsp3) is 0.200. The minimum atomic E-state index is -0.651. The van der Waals surface area contributed by atoms with Crippen LogP contribution >= 0.6 is 11.8 Å². The number of nitrogens with zero attached hydrogens (tertiary/aromatic N) is 2. The molecular weight excluding hydrogens is 516 g/mol. The number of esters is 2. The molecule has 38 heavy (non-hydrogen) atoms. The summed E-state index contributed by atoms with van der Waals surface area (Å²) in [5.74, 6) is -1.49. The predicted octanol–water partition coefficient (Wildman–Crippen LogP) is 2.50. The molecule has 1 heterocycles. The lowest BCUT2D eigenvalue weighted by Gasteiger charge is -2.13. The first kappa shape index (κ1) is 27.9. The molecule has 198 valence electrons. The summed E-state index contributed by atoms with van der Waals surface area (Å²) in [7, 11) is 2.47. The summed E-state index contributed by atoms with van der Waals surface area (Å²) in [6.07, 6.45) is 2.50. The summed E-state index contributed by atoms with van der Waals surface area (Å²) in [6, 6.07) is 11.4. The monoisotopic (exact) mass is 540 g/mol. The number of benzene rings is 2. The van der Waals surface area contributed by atoms with E-state index >= 15 is 0 Å². The predicted molar refractivity (Wildman–Crippen MR) is 140 cm³/mol. The molecule has 0 aliphatic carbocycles. The van der Waals surface area contributed by atoms with E-state index in [4.69, 9.17) is 14.2 Å². The van der Waals surface area contributed by atoms with Gasteiger partial charge in [-0.1, -0.05) is 12.1 Å². The van der Waals surface area contributed by atoms with Crippen molar-refractivity contribution in [3.8, 4) is 11.5 Å². The SMILES string of the molecule is CCOc1cc(C=N/N=C2/NC(=O)/C(=C\C(=O)OC)S2)ccc1OCC(=O)Nc1ccccc1C(=O)OC. The number of hydrogen-bond acceptors (Lipinski definition) is 11. The fourth-order valence-electron chi connectivity index (χ4n) is 2.99. The van der Waals surface area contributed by atoms with Gasteiger partial charge in [-0.25, -0.2) is 9.59 Å². The van der Waals surface area contributed by atoms with Crippen molar-refractivity contribution >= 4 is 52.6 Å². The number of hydrogen-bond donors (Lipinski definition) is 2. The van der Waals surface area contributed by atoms with Crippen LogP contribution < -0.4 is 20.1 Å². The van der Waals surface area contributed by atoms with Gasteiger partial charge < -0.3 is 24.3 Å². The average Bonchev–Trinajstić information content (AvgIpc) is 3.26. The second kappa shape index (κ2) is 13.6. The lowest BCUT2D eigenvalue weighted by atomic mass is 10.2. The number of carbonyl (C=O) groups excluding carboxylic acids is 4. The molecule has 13 heteroatoms. The first-order valence-electron chi connectivity index (χ1n) is 11.1. The van der Waals surface area contributed by atoms with Gasteiger partial charge in [-0.3, -0.25) is 14.9 Å². The Morgan fingerprint density at radius 3 is 2.58 bits per heavy atom. The Kier molecular flexibility index (Phi) is 10.00. The quantitative estimate of drug-likeness (QED) is 0.200. The molecule has 0 saturated carbocycles. The third-order valence-corrected chi connectivity index (χ3v) is 5.59. The maximum Gasteiger partial charge on any atom is 0.339 e. The summed E-state index contributed by atoms with van der Waals surface area (Å²) in [4.78, 5) is 47.7. The molecule has 0 unspecified atom stereocenters. The topological polar surface area (TPSA) is 154 Å². The summed E-state index contributed by atoms with van der Waals surface area (Å²) in [5.41, 5.74) is 1.13. The second-order valence-electron chi connectivity index (χ2n) is 7.25. The minimum Gasteiger partial charge on any atom is -0.490 e. The number of methoxy groups -OCH3 is 2.